The number of rotatable bonds is 6. The van der Waals surface area contributed by atoms with E-state index in [0.29, 0.717) is 17.7 Å². The monoisotopic (exact) mass is 298 g/mol. The fraction of sp³-hybridized carbons (Fsp3) is 0.176. The number of primary amides is 1. The van der Waals surface area contributed by atoms with Crippen LogP contribution in [-0.4, -0.2) is 16.9 Å². The van der Waals surface area contributed by atoms with Crippen LogP contribution in [0.1, 0.15) is 23.7 Å². The Hall–Kier alpha value is -2.66. The van der Waals surface area contributed by atoms with Crippen molar-refractivity contribution in [2.45, 2.75) is 18.9 Å². The Balaban J connectivity index is 1.93. The van der Waals surface area contributed by atoms with Crippen molar-refractivity contribution in [3.8, 4) is 0 Å². The van der Waals surface area contributed by atoms with Gasteiger partial charge in [0.1, 0.15) is 0 Å². The Morgan fingerprint density at radius 2 is 1.68 bits per heavy atom. The molecule has 0 saturated heterocycles. The zero-order valence-corrected chi connectivity index (χ0v) is 12.0. The molecule has 2 aromatic rings. The molecule has 1 unspecified atom stereocenters. The van der Waals surface area contributed by atoms with Gasteiger partial charge in [-0.2, -0.15) is 0 Å². The highest BCUT2D eigenvalue weighted by molar-refractivity contribution is 5.92. The quantitative estimate of drug-likeness (QED) is 0.759. The Bertz CT molecular complexity index is 639. The van der Waals surface area contributed by atoms with Gasteiger partial charge in [0, 0.05) is 5.69 Å². The first-order valence-corrected chi connectivity index (χ1v) is 6.94. The summed E-state index contributed by atoms with van der Waals surface area (Å²) in [6.07, 6.45) is -0.751. The number of hydrogen-bond donors (Lipinski definition) is 3. The third kappa shape index (κ3) is 4.71. The number of nitrogens with two attached hydrogens (primary N) is 1. The van der Waals surface area contributed by atoms with Gasteiger partial charge in [0.25, 0.3) is 0 Å². The standard InChI is InChI=1S/C17H18N2O3/c18-16(21)11-15(20)13-6-8-14(9-7-13)19-17(22)10-12-4-2-1-3-5-12/h1-9,15,20H,10-11H2,(H2,18,21)(H,19,22). The molecular formula is C17H18N2O3. The summed E-state index contributed by atoms with van der Waals surface area (Å²) in [5.74, 6) is -0.677. The molecule has 0 bridgehead atoms. The molecular weight excluding hydrogens is 280 g/mol. The van der Waals surface area contributed by atoms with E-state index >= 15 is 0 Å². The topological polar surface area (TPSA) is 92.4 Å². The molecule has 0 aliphatic carbocycles. The lowest BCUT2D eigenvalue weighted by atomic mass is 10.1. The minimum atomic E-state index is -0.924. The van der Waals surface area contributed by atoms with Crippen molar-refractivity contribution < 1.29 is 14.7 Å². The molecule has 0 spiro atoms. The molecule has 0 radical (unpaired) electrons. The van der Waals surface area contributed by atoms with Crippen LogP contribution in [-0.2, 0) is 16.0 Å². The maximum atomic E-state index is 11.9. The van der Waals surface area contributed by atoms with Crippen LogP contribution in [0, 0.1) is 0 Å². The number of nitrogens with one attached hydrogen (secondary N) is 1. The number of anilines is 1. The zero-order valence-electron chi connectivity index (χ0n) is 12.0. The fourth-order valence-electron chi connectivity index (χ4n) is 2.08. The normalized spacial score (nSPS) is 11.7. The number of aliphatic hydroxyl groups is 1. The van der Waals surface area contributed by atoms with E-state index in [9.17, 15) is 14.7 Å². The van der Waals surface area contributed by atoms with Gasteiger partial charge in [-0.1, -0.05) is 42.5 Å². The van der Waals surface area contributed by atoms with E-state index in [2.05, 4.69) is 5.32 Å². The minimum Gasteiger partial charge on any atom is -0.388 e. The zero-order chi connectivity index (χ0) is 15.9. The average Bonchev–Trinajstić information content (AvgIpc) is 2.48. The van der Waals surface area contributed by atoms with Crippen LogP contribution >= 0.6 is 0 Å². The smallest absolute Gasteiger partial charge is 0.228 e. The predicted octanol–water partition coefficient (Wildman–Crippen LogP) is 1.78. The predicted molar refractivity (Wildman–Crippen MR) is 84.0 cm³/mol. The van der Waals surface area contributed by atoms with Crippen LogP contribution < -0.4 is 11.1 Å². The number of amides is 2. The highest BCUT2D eigenvalue weighted by Crippen LogP contribution is 2.19. The van der Waals surface area contributed by atoms with E-state index in [-0.39, 0.29) is 12.3 Å². The maximum Gasteiger partial charge on any atom is 0.228 e. The van der Waals surface area contributed by atoms with E-state index in [4.69, 9.17) is 5.73 Å². The van der Waals surface area contributed by atoms with Crippen LogP contribution in [0.3, 0.4) is 0 Å². The Morgan fingerprint density at radius 3 is 2.27 bits per heavy atom. The Labute approximate surface area is 128 Å². The largest absolute Gasteiger partial charge is 0.388 e. The molecule has 5 heteroatoms. The Kier molecular flexibility index (Phi) is 5.27. The third-order valence-corrected chi connectivity index (χ3v) is 3.18. The van der Waals surface area contributed by atoms with Crippen molar-refractivity contribution in [1.29, 1.82) is 0 Å². The van der Waals surface area contributed by atoms with Crippen LogP contribution in [0.2, 0.25) is 0 Å². The van der Waals surface area contributed by atoms with Crippen molar-refractivity contribution in [3.05, 3.63) is 65.7 Å². The van der Waals surface area contributed by atoms with Gasteiger partial charge < -0.3 is 16.2 Å². The van der Waals surface area contributed by atoms with E-state index in [1.54, 1.807) is 24.3 Å². The second-order valence-corrected chi connectivity index (χ2v) is 5.02. The van der Waals surface area contributed by atoms with Crippen molar-refractivity contribution in [2.24, 2.45) is 5.73 Å². The summed E-state index contributed by atoms with van der Waals surface area (Å²) >= 11 is 0. The molecule has 2 aromatic carbocycles. The summed E-state index contributed by atoms with van der Waals surface area (Å²) in [5.41, 5.74) is 7.20. The molecule has 0 aliphatic heterocycles. The lowest BCUT2D eigenvalue weighted by Gasteiger charge is -2.10. The third-order valence-electron chi connectivity index (χ3n) is 3.18. The second-order valence-electron chi connectivity index (χ2n) is 5.02. The summed E-state index contributed by atoms with van der Waals surface area (Å²) in [5, 5.41) is 12.6. The number of benzene rings is 2. The second kappa shape index (κ2) is 7.38. The van der Waals surface area contributed by atoms with Crippen molar-refractivity contribution in [1.82, 2.24) is 0 Å². The van der Waals surface area contributed by atoms with Gasteiger partial charge in [0.05, 0.1) is 18.9 Å². The van der Waals surface area contributed by atoms with Gasteiger partial charge in [-0.15, -0.1) is 0 Å². The van der Waals surface area contributed by atoms with Crippen LogP contribution in [0.5, 0.6) is 0 Å². The average molecular weight is 298 g/mol. The van der Waals surface area contributed by atoms with E-state index < -0.39 is 12.0 Å². The highest BCUT2D eigenvalue weighted by Gasteiger charge is 2.11. The molecule has 0 aromatic heterocycles. The van der Waals surface area contributed by atoms with Gasteiger partial charge in [0.15, 0.2) is 0 Å². The van der Waals surface area contributed by atoms with Gasteiger partial charge in [-0.3, -0.25) is 9.59 Å². The number of hydrogen-bond acceptors (Lipinski definition) is 3. The summed E-state index contributed by atoms with van der Waals surface area (Å²) in [4.78, 5) is 22.7. The van der Waals surface area contributed by atoms with Crippen LogP contribution in [0.15, 0.2) is 54.6 Å². The SMILES string of the molecule is NC(=O)CC(O)c1ccc(NC(=O)Cc2ccccc2)cc1. The molecule has 0 saturated carbocycles. The first-order chi connectivity index (χ1) is 10.5. The molecule has 4 N–H and O–H groups in total. The van der Waals surface area contributed by atoms with Crippen molar-refractivity contribution in [3.63, 3.8) is 0 Å². The maximum absolute atomic E-state index is 11.9. The van der Waals surface area contributed by atoms with Gasteiger partial charge in [0.2, 0.25) is 11.8 Å². The molecule has 0 heterocycles. The summed E-state index contributed by atoms with van der Waals surface area (Å²) in [6.45, 7) is 0. The Morgan fingerprint density at radius 1 is 1.05 bits per heavy atom. The molecule has 1 atom stereocenters. The fourth-order valence-corrected chi connectivity index (χ4v) is 2.08. The van der Waals surface area contributed by atoms with Crippen LogP contribution in [0.25, 0.3) is 0 Å². The minimum absolute atomic E-state index is 0.114. The van der Waals surface area contributed by atoms with Crippen LogP contribution in [0.4, 0.5) is 5.69 Å². The summed E-state index contributed by atoms with van der Waals surface area (Å²) in [7, 11) is 0. The van der Waals surface area contributed by atoms with Gasteiger partial charge >= 0.3 is 0 Å². The van der Waals surface area contributed by atoms with Crippen molar-refractivity contribution >= 4 is 17.5 Å². The lowest BCUT2D eigenvalue weighted by molar-refractivity contribution is -0.120. The number of carbonyl (C=O) groups is 2. The first-order valence-electron chi connectivity index (χ1n) is 6.94. The highest BCUT2D eigenvalue weighted by atomic mass is 16.3. The molecule has 0 fully saturated rings. The summed E-state index contributed by atoms with van der Waals surface area (Å²) < 4.78 is 0. The van der Waals surface area contributed by atoms with E-state index in [0.717, 1.165) is 5.56 Å². The molecule has 22 heavy (non-hydrogen) atoms. The number of carbonyl (C=O) groups excluding carboxylic acids is 2. The van der Waals surface area contributed by atoms with Gasteiger partial charge in [-0.05, 0) is 23.3 Å². The van der Waals surface area contributed by atoms with E-state index in [1.807, 2.05) is 30.3 Å². The molecule has 2 amide bonds. The molecule has 114 valence electrons. The van der Waals surface area contributed by atoms with Crippen molar-refractivity contribution in [2.75, 3.05) is 5.32 Å². The first kappa shape index (κ1) is 15.7. The van der Waals surface area contributed by atoms with Gasteiger partial charge in [-0.25, -0.2) is 0 Å². The lowest BCUT2D eigenvalue weighted by Crippen LogP contribution is -2.15. The van der Waals surface area contributed by atoms with E-state index in [1.165, 1.54) is 0 Å². The summed E-state index contributed by atoms with van der Waals surface area (Å²) in [6, 6.07) is 16.1. The molecule has 0 aliphatic rings. The molecule has 2 rings (SSSR count). The number of aliphatic hydroxyl groups excluding tert-OH is 1. The molecule has 5 nitrogen and oxygen atoms in total.